The number of benzene rings is 3. The number of fused-ring (bicyclic) bond motifs is 1. The highest BCUT2D eigenvalue weighted by Gasteiger charge is 2.27. The van der Waals surface area contributed by atoms with Crippen molar-refractivity contribution in [3.8, 4) is 63.1 Å². The molecule has 4 aromatic rings. The van der Waals surface area contributed by atoms with E-state index in [1.807, 2.05) is 0 Å². The molecule has 0 aliphatic heterocycles. The summed E-state index contributed by atoms with van der Waals surface area (Å²) in [6.07, 6.45) is 0. The SMILES string of the molecule is O=C(Oc1c(-c2cc(O)c(O)c(OS(=O)(=O)O)c2)oc2cc(O)cc(O)c2c1=O)c1cc(O)c(O)c(O)c1. The van der Waals surface area contributed by atoms with E-state index in [0.29, 0.717) is 24.3 Å². The summed E-state index contributed by atoms with van der Waals surface area (Å²) in [4.78, 5) is 26.1. The maximum atomic E-state index is 13.3. The minimum absolute atomic E-state index is 0.480. The predicted molar refractivity (Wildman–Crippen MR) is 123 cm³/mol. The van der Waals surface area contributed by atoms with Crippen molar-refractivity contribution in [3.63, 3.8) is 0 Å². The highest BCUT2D eigenvalue weighted by Crippen LogP contribution is 2.44. The molecule has 0 amide bonds. The Balaban J connectivity index is 1.99. The Morgan fingerprint density at radius 3 is 2.00 bits per heavy atom. The summed E-state index contributed by atoms with van der Waals surface area (Å²) < 4.78 is 46.0. The van der Waals surface area contributed by atoms with E-state index in [1.54, 1.807) is 0 Å². The Labute approximate surface area is 209 Å². The van der Waals surface area contributed by atoms with Crippen molar-refractivity contribution in [1.82, 2.24) is 0 Å². The fourth-order valence-corrected chi connectivity index (χ4v) is 3.68. The third-order valence-corrected chi connectivity index (χ3v) is 5.32. The van der Waals surface area contributed by atoms with Crippen molar-refractivity contribution in [2.75, 3.05) is 0 Å². The number of esters is 1. The first kappa shape index (κ1) is 25.7. The van der Waals surface area contributed by atoms with E-state index in [0.717, 1.165) is 12.1 Å². The van der Waals surface area contributed by atoms with Gasteiger partial charge in [0.1, 0.15) is 22.5 Å². The summed E-state index contributed by atoms with van der Waals surface area (Å²) in [6, 6.07) is 4.39. The number of hydrogen-bond acceptors (Lipinski definition) is 14. The van der Waals surface area contributed by atoms with Crippen LogP contribution < -0.4 is 14.3 Å². The molecule has 15 nitrogen and oxygen atoms in total. The lowest BCUT2D eigenvalue weighted by Crippen LogP contribution is -2.16. The molecule has 198 valence electrons. The molecule has 0 bridgehead atoms. The largest absolute Gasteiger partial charge is 0.508 e. The number of carbonyl (C=O) groups is 1. The highest BCUT2D eigenvalue weighted by molar-refractivity contribution is 7.81. The summed E-state index contributed by atoms with van der Waals surface area (Å²) in [5.74, 6) is -10.6. The number of phenols is 7. The van der Waals surface area contributed by atoms with E-state index < -0.39 is 101 Å². The molecule has 4 rings (SSSR count). The van der Waals surface area contributed by atoms with Gasteiger partial charge in [-0.3, -0.25) is 9.35 Å². The van der Waals surface area contributed by atoms with E-state index in [1.165, 1.54) is 0 Å². The maximum Gasteiger partial charge on any atom is 0.446 e. The molecule has 0 atom stereocenters. The smallest absolute Gasteiger partial charge is 0.446 e. The summed E-state index contributed by atoms with van der Waals surface area (Å²) >= 11 is 0. The molecule has 16 heteroatoms. The number of carbonyl (C=O) groups excluding carboxylic acids is 1. The molecule has 0 spiro atoms. The monoisotopic (exact) mass is 550 g/mol. The van der Waals surface area contributed by atoms with Gasteiger partial charge in [-0.2, -0.15) is 8.42 Å². The van der Waals surface area contributed by atoms with Crippen molar-refractivity contribution < 1.29 is 66.8 Å². The van der Waals surface area contributed by atoms with Crippen LogP contribution in [0.1, 0.15) is 10.4 Å². The summed E-state index contributed by atoms with van der Waals surface area (Å²) in [7, 11) is -5.23. The molecule has 0 saturated carbocycles. The standard InChI is InChI=1S/C22H14O15S/c23-9-5-10(24)16-14(6-9)35-20(7-1-13(27)18(29)15(4-7)37-38(32,33)34)21(19(16)30)36-22(31)8-2-11(25)17(28)12(26)3-8/h1-6,23-29H,(H,32,33,34). The van der Waals surface area contributed by atoms with Gasteiger partial charge in [-0.25, -0.2) is 4.79 Å². The molecule has 8 N–H and O–H groups in total. The summed E-state index contributed by atoms with van der Waals surface area (Å²) in [5, 5.41) is 68.2. The van der Waals surface area contributed by atoms with Crippen LogP contribution in [-0.2, 0) is 10.4 Å². The molecule has 0 aliphatic carbocycles. The van der Waals surface area contributed by atoms with Gasteiger partial charge in [0.25, 0.3) is 0 Å². The van der Waals surface area contributed by atoms with E-state index in [9.17, 15) is 53.8 Å². The van der Waals surface area contributed by atoms with Crippen LogP contribution in [0.5, 0.6) is 51.7 Å². The molecule has 0 saturated heterocycles. The highest BCUT2D eigenvalue weighted by atomic mass is 32.3. The van der Waals surface area contributed by atoms with Gasteiger partial charge in [-0.15, -0.1) is 0 Å². The van der Waals surface area contributed by atoms with Crippen molar-refractivity contribution in [1.29, 1.82) is 0 Å². The van der Waals surface area contributed by atoms with Crippen molar-refractivity contribution in [2.24, 2.45) is 0 Å². The second-order valence-corrected chi connectivity index (χ2v) is 8.56. The van der Waals surface area contributed by atoms with Crippen molar-refractivity contribution >= 4 is 27.3 Å². The maximum absolute atomic E-state index is 13.3. The molecule has 0 aliphatic rings. The molecule has 3 aromatic carbocycles. The van der Waals surface area contributed by atoms with Gasteiger partial charge in [-0.1, -0.05) is 0 Å². The average Bonchev–Trinajstić information content (AvgIpc) is 2.80. The van der Waals surface area contributed by atoms with Crippen LogP contribution in [0.25, 0.3) is 22.3 Å². The Hall–Kier alpha value is -5.35. The van der Waals surface area contributed by atoms with Crippen LogP contribution in [0.4, 0.5) is 0 Å². The normalized spacial score (nSPS) is 11.4. The second-order valence-electron chi connectivity index (χ2n) is 7.53. The van der Waals surface area contributed by atoms with E-state index >= 15 is 0 Å². The molecule has 1 heterocycles. The molecular weight excluding hydrogens is 536 g/mol. The van der Waals surface area contributed by atoms with Crippen LogP contribution in [0, 0.1) is 0 Å². The van der Waals surface area contributed by atoms with Gasteiger partial charge in [0, 0.05) is 17.7 Å². The summed E-state index contributed by atoms with van der Waals surface area (Å²) in [6.45, 7) is 0. The van der Waals surface area contributed by atoms with E-state index in [-0.39, 0.29) is 0 Å². The zero-order chi connectivity index (χ0) is 28.1. The zero-order valence-electron chi connectivity index (χ0n) is 18.3. The lowest BCUT2D eigenvalue weighted by molar-refractivity contribution is 0.0730. The third kappa shape index (κ3) is 4.71. The molecular formula is C22H14O15S. The Morgan fingerprint density at radius 2 is 1.39 bits per heavy atom. The van der Waals surface area contributed by atoms with Crippen LogP contribution in [-0.4, -0.2) is 54.7 Å². The van der Waals surface area contributed by atoms with E-state index in [4.69, 9.17) is 13.7 Å². The first-order valence-electron chi connectivity index (χ1n) is 9.89. The van der Waals surface area contributed by atoms with Gasteiger partial charge in [0.2, 0.25) is 16.9 Å². The first-order chi connectivity index (χ1) is 17.7. The van der Waals surface area contributed by atoms with Crippen LogP contribution in [0.3, 0.4) is 0 Å². The average molecular weight is 550 g/mol. The molecule has 0 unspecified atom stereocenters. The number of rotatable bonds is 5. The lowest BCUT2D eigenvalue weighted by Gasteiger charge is -2.13. The molecule has 1 aromatic heterocycles. The quantitative estimate of drug-likeness (QED) is 0.1000. The number of hydrogen-bond donors (Lipinski definition) is 8. The van der Waals surface area contributed by atoms with Crippen molar-refractivity contribution in [3.05, 3.63) is 52.2 Å². The fraction of sp³-hybridized carbons (Fsp3) is 0. The molecule has 38 heavy (non-hydrogen) atoms. The van der Waals surface area contributed by atoms with E-state index in [2.05, 4.69) is 4.18 Å². The number of phenolic OH excluding ortho intramolecular Hbond substituents is 7. The first-order valence-corrected chi connectivity index (χ1v) is 11.3. The number of ether oxygens (including phenoxy) is 1. The van der Waals surface area contributed by atoms with Crippen molar-refractivity contribution in [2.45, 2.75) is 0 Å². The number of aromatic hydroxyl groups is 7. The summed E-state index contributed by atoms with van der Waals surface area (Å²) in [5.41, 5.74) is -2.78. The Kier molecular flexibility index (Phi) is 6.06. The van der Waals surface area contributed by atoms with Gasteiger partial charge in [0.05, 0.1) is 5.56 Å². The zero-order valence-corrected chi connectivity index (χ0v) is 19.1. The van der Waals surface area contributed by atoms with Gasteiger partial charge in [-0.05, 0) is 24.3 Å². The topological polar surface area (TPSA) is 262 Å². The minimum Gasteiger partial charge on any atom is -0.508 e. The Bertz CT molecular complexity index is 1780. The van der Waals surface area contributed by atoms with Crippen LogP contribution in [0.15, 0.2) is 45.6 Å². The van der Waals surface area contributed by atoms with Gasteiger partial charge >= 0.3 is 16.4 Å². The molecule has 0 radical (unpaired) electrons. The Morgan fingerprint density at radius 1 is 0.789 bits per heavy atom. The molecule has 0 fully saturated rings. The second kappa shape index (κ2) is 8.95. The minimum atomic E-state index is -5.23. The van der Waals surface area contributed by atoms with Crippen LogP contribution in [0.2, 0.25) is 0 Å². The fourth-order valence-electron chi connectivity index (χ4n) is 3.33. The van der Waals surface area contributed by atoms with Gasteiger partial charge < -0.3 is 49.1 Å². The van der Waals surface area contributed by atoms with Gasteiger partial charge in [0.15, 0.2) is 34.5 Å². The lowest BCUT2D eigenvalue weighted by atomic mass is 10.1. The van der Waals surface area contributed by atoms with Crippen LogP contribution >= 0.6 is 0 Å². The predicted octanol–water partition coefficient (Wildman–Crippen LogP) is 1.80. The third-order valence-electron chi connectivity index (χ3n) is 4.93.